The standard InChI is InChI=1S/C13H19N3O/c1-13(7-2-3-8-13)16-12(17)15-11-6-4-5-10(14)9-11/h4-6,9H,2-3,7-8,14H2,1H3,(H2,15,16,17). The number of nitrogens with one attached hydrogen (secondary N) is 2. The van der Waals surface area contributed by atoms with Crippen molar-refractivity contribution in [1.82, 2.24) is 5.32 Å². The number of rotatable bonds is 2. The first-order valence-electron chi connectivity index (χ1n) is 6.02. The maximum absolute atomic E-state index is 11.8. The first kappa shape index (κ1) is 11.8. The zero-order valence-electron chi connectivity index (χ0n) is 10.1. The number of hydrogen-bond donors (Lipinski definition) is 3. The summed E-state index contributed by atoms with van der Waals surface area (Å²) in [5, 5.41) is 5.84. The van der Waals surface area contributed by atoms with Crippen molar-refractivity contribution in [3.63, 3.8) is 0 Å². The number of carbonyl (C=O) groups excluding carboxylic acids is 1. The van der Waals surface area contributed by atoms with Gasteiger partial charge in [-0.15, -0.1) is 0 Å². The third kappa shape index (κ3) is 3.12. The monoisotopic (exact) mass is 233 g/mol. The number of nitrogen functional groups attached to an aromatic ring is 1. The van der Waals surface area contributed by atoms with Gasteiger partial charge in [0, 0.05) is 16.9 Å². The third-order valence-electron chi connectivity index (χ3n) is 3.27. The molecule has 2 amide bonds. The maximum Gasteiger partial charge on any atom is 0.319 e. The zero-order chi connectivity index (χ0) is 12.3. The van der Waals surface area contributed by atoms with Gasteiger partial charge in [0.15, 0.2) is 0 Å². The fourth-order valence-corrected chi connectivity index (χ4v) is 2.33. The molecule has 4 nitrogen and oxygen atoms in total. The van der Waals surface area contributed by atoms with Gasteiger partial charge in [-0.25, -0.2) is 4.79 Å². The van der Waals surface area contributed by atoms with Crippen LogP contribution in [0.3, 0.4) is 0 Å². The van der Waals surface area contributed by atoms with Crippen LogP contribution in [0.4, 0.5) is 16.2 Å². The van der Waals surface area contributed by atoms with Crippen molar-refractivity contribution in [2.75, 3.05) is 11.1 Å². The lowest BCUT2D eigenvalue weighted by Crippen LogP contribution is -2.45. The molecule has 0 atom stereocenters. The van der Waals surface area contributed by atoms with Gasteiger partial charge >= 0.3 is 6.03 Å². The van der Waals surface area contributed by atoms with Crippen LogP contribution in [0, 0.1) is 0 Å². The maximum atomic E-state index is 11.8. The molecule has 0 aliphatic heterocycles. The molecule has 0 bridgehead atoms. The second kappa shape index (κ2) is 4.65. The number of nitrogens with two attached hydrogens (primary N) is 1. The summed E-state index contributed by atoms with van der Waals surface area (Å²) < 4.78 is 0. The molecule has 4 heteroatoms. The normalized spacial score (nSPS) is 17.7. The zero-order valence-corrected chi connectivity index (χ0v) is 10.1. The SMILES string of the molecule is CC1(NC(=O)Nc2cccc(N)c2)CCCC1. The molecule has 92 valence electrons. The van der Waals surface area contributed by atoms with Gasteiger partial charge in [0.05, 0.1) is 0 Å². The molecule has 17 heavy (non-hydrogen) atoms. The largest absolute Gasteiger partial charge is 0.399 e. The summed E-state index contributed by atoms with van der Waals surface area (Å²) in [6.45, 7) is 2.10. The van der Waals surface area contributed by atoms with E-state index in [-0.39, 0.29) is 11.6 Å². The molecule has 0 radical (unpaired) electrons. The molecule has 1 aliphatic rings. The van der Waals surface area contributed by atoms with E-state index in [0.29, 0.717) is 5.69 Å². The van der Waals surface area contributed by atoms with Gasteiger partial charge in [-0.3, -0.25) is 0 Å². The number of carbonyl (C=O) groups is 1. The van der Waals surface area contributed by atoms with E-state index in [1.54, 1.807) is 12.1 Å². The van der Waals surface area contributed by atoms with Crippen LogP contribution in [-0.4, -0.2) is 11.6 Å². The van der Waals surface area contributed by atoms with Crippen molar-refractivity contribution in [3.8, 4) is 0 Å². The Morgan fingerprint density at radius 3 is 2.71 bits per heavy atom. The predicted octanol–water partition coefficient (Wildman–Crippen LogP) is 2.72. The van der Waals surface area contributed by atoms with E-state index in [9.17, 15) is 4.79 Å². The fourth-order valence-electron chi connectivity index (χ4n) is 2.33. The first-order valence-corrected chi connectivity index (χ1v) is 6.02. The topological polar surface area (TPSA) is 67.2 Å². The number of benzene rings is 1. The van der Waals surface area contributed by atoms with Gasteiger partial charge in [0.2, 0.25) is 0 Å². The first-order chi connectivity index (χ1) is 8.07. The minimum Gasteiger partial charge on any atom is -0.399 e. The molecule has 0 spiro atoms. The molecule has 1 fully saturated rings. The number of amides is 2. The molecule has 1 saturated carbocycles. The van der Waals surface area contributed by atoms with Crippen LogP contribution >= 0.6 is 0 Å². The number of hydrogen-bond acceptors (Lipinski definition) is 2. The smallest absolute Gasteiger partial charge is 0.319 e. The van der Waals surface area contributed by atoms with Crippen LogP contribution in [-0.2, 0) is 0 Å². The van der Waals surface area contributed by atoms with E-state index in [1.807, 2.05) is 12.1 Å². The molecule has 1 aromatic rings. The van der Waals surface area contributed by atoms with E-state index in [2.05, 4.69) is 17.6 Å². The highest BCUT2D eigenvalue weighted by Gasteiger charge is 2.29. The molecule has 0 saturated heterocycles. The van der Waals surface area contributed by atoms with E-state index in [0.717, 1.165) is 18.5 Å². The highest BCUT2D eigenvalue weighted by Crippen LogP contribution is 2.28. The summed E-state index contributed by atoms with van der Waals surface area (Å²) in [6.07, 6.45) is 4.48. The molecule has 2 rings (SSSR count). The van der Waals surface area contributed by atoms with Gasteiger partial charge in [0.25, 0.3) is 0 Å². The van der Waals surface area contributed by atoms with Gasteiger partial charge < -0.3 is 16.4 Å². The summed E-state index contributed by atoms with van der Waals surface area (Å²) in [5.41, 5.74) is 6.98. The Kier molecular flexibility index (Phi) is 3.22. The minimum absolute atomic E-state index is 0.0512. The molecule has 0 aromatic heterocycles. The Morgan fingerprint density at radius 1 is 1.35 bits per heavy atom. The molecule has 1 aromatic carbocycles. The van der Waals surface area contributed by atoms with Crippen LogP contribution in [0.2, 0.25) is 0 Å². The quantitative estimate of drug-likeness (QED) is 0.687. The van der Waals surface area contributed by atoms with Crippen molar-refractivity contribution in [2.24, 2.45) is 0 Å². The van der Waals surface area contributed by atoms with Gasteiger partial charge in [0.1, 0.15) is 0 Å². The van der Waals surface area contributed by atoms with Crippen LogP contribution < -0.4 is 16.4 Å². The lowest BCUT2D eigenvalue weighted by molar-refractivity contribution is 0.239. The third-order valence-corrected chi connectivity index (χ3v) is 3.27. The Bertz CT molecular complexity index is 411. The lowest BCUT2D eigenvalue weighted by atomic mass is 10.0. The summed E-state index contributed by atoms with van der Waals surface area (Å²) in [6, 6.07) is 7.03. The molecule has 1 aliphatic carbocycles. The van der Waals surface area contributed by atoms with Crippen molar-refractivity contribution in [2.45, 2.75) is 38.1 Å². The Morgan fingerprint density at radius 2 is 2.06 bits per heavy atom. The second-order valence-corrected chi connectivity index (χ2v) is 4.97. The second-order valence-electron chi connectivity index (χ2n) is 4.97. The molecule has 4 N–H and O–H groups in total. The molecule has 0 heterocycles. The van der Waals surface area contributed by atoms with Crippen molar-refractivity contribution >= 4 is 17.4 Å². The van der Waals surface area contributed by atoms with E-state index in [4.69, 9.17) is 5.73 Å². The van der Waals surface area contributed by atoms with E-state index >= 15 is 0 Å². The van der Waals surface area contributed by atoms with Gasteiger partial charge in [-0.1, -0.05) is 18.9 Å². The molecular weight excluding hydrogens is 214 g/mol. The Labute approximate surface area is 102 Å². The van der Waals surface area contributed by atoms with Gasteiger partial charge in [-0.05, 0) is 38.0 Å². The minimum atomic E-state index is -0.153. The average molecular weight is 233 g/mol. The van der Waals surface area contributed by atoms with Crippen LogP contribution in [0.1, 0.15) is 32.6 Å². The molecule has 0 unspecified atom stereocenters. The number of urea groups is 1. The lowest BCUT2D eigenvalue weighted by Gasteiger charge is -2.25. The summed E-state index contributed by atoms with van der Waals surface area (Å²) in [7, 11) is 0. The van der Waals surface area contributed by atoms with E-state index < -0.39 is 0 Å². The van der Waals surface area contributed by atoms with Crippen LogP contribution in [0.15, 0.2) is 24.3 Å². The van der Waals surface area contributed by atoms with Gasteiger partial charge in [-0.2, -0.15) is 0 Å². The van der Waals surface area contributed by atoms with Crippen LogP contribution in [0.25, 0.3) is 0 Å². The van der Waals surface area contributed by atoms with Crippen molar-refractivity contribution < 1.29 is 4.79 Å². The van der Waals surface area contributed by atoms with E-state index in [1.165, 1.54) is 12.8 Å². The predicted molar refractivity (Wildman–Crippen MR) is 69.9 cm³/mol. The van der Waals surface area contributed by atoms with Crippen LogP contribution in [0.5, 0.6) is 0 Å². The summed E-state index contributed by atoms with van der Waals surface area (Å²) >= 11 is 0. The van der Waals surface area contributed by atoms with Crippen molar-refractivity contribution in [3.05, 3.63) is 24.3 Å². The Hall–Kier alpha value is -1.71. The fraction of sp³-hybridized carbons (Fsp3) is 0.462. The molecular formula is C13H19N3O. The summed E-state index contributed by atoms with van der Waals surface area (Å²) in [4.78, 5) is 11.8. The van der Waals surface area contributed by atoms with Crippen molar-refractivity contribution in [1.29, 1.82) is 0 Å². The summed E-state index contributed by atoms with van der Waals surface area (Å²) in [5.74, 6) is 0. The number of anilines is 2. The highest BCUT2D eigenvalue weighted by atomic mass is 16.2. The Balaban J connectivity index is 1.93. The highest BCUT2D eigenvalue weighted by molar-refractivity contribution is 5.90. The average Bonchev–Trinajstić information content (AvgIpc) is 2.64.